The number of imide groups is 1. The van der Waals surface area contributed by atoms with Crippen molar-refractivity contribution >= 4 is 44.3 Å². The molecule has 3 aromatic carbocycles. The molecule has 2 N–H and O–H groups in total. The van der Waals surface area contributed by atoms with E-state index in [4.69, 9.17) is 0 Å². The van der Waals surface area contributed by atoms with Gasteiger partial charge in [0, 0.05) is 15.7 Å². The number of carbonyl (C=O) groups excluding carboxylic acids is 2. The Morgan fingerprint density at radius 1 is 0.826 bits per heavy atom. The van der Waals surface area contributed by atoms with Crippen LogP contribution in [0.5, 0.6) is 0 Å². The highest BCUT2D eigenvalue weighted by molar-refractivity contribution is 9.10. The summed E-state index contributed by atoms with van der Waals surface area (Å²) in [5, 5.41) is 6.94. The minimum atomic E-state index is -0.564. The SMILES string of the molecule is O=C(NC(=O)c1ccc2ccccc2c1)Nc1ccc(Br)cc1. The van der Waals surface area contributed by atoms with Crippen LogP contribution < -0.4 is 10.6 Å². The molecule has 0 aliphatic heterocycles. The van der Waals surface area contributed by atoms with E-state index >= 15 is 0 Å². The molecule has 3 rings (SSSR count). The first kappa shape index (κ1) is 15.2. The Hall–Kier alpha value is -2.66. The summed E-state index contributed by atoms with van der Waals surface area (Å²) in [4.78, 5) is 24.1. The molecule has 0 atom stereocenters. The van der Waals surface area contributed by atoms with Gasteiger partial charge in [-0.25, -0.2) is 4.79 Å². The van der Waals surface area contributed by atoms with E-state index in [1.807, 2.05) is 30.3 Å². The van der Waals surface area contributed by atoms with Crippen molar-refractivity contribution in [2.24, 2.45) is 0 Å². The smallest absolute Gasteiger partial charge is 0.308 e. The second-order valence-electron chi connectivity index (χ2n) is 4.98. The van der Waals surface area contributed by atoms with Gasteiger partial charge in [-0.15, -0.1) is 0 Å². The van der Waals surface area contributed by atoms with E-state index in [1.165, 1.54) is 0 Å². The fourth-order valence-electron chi connectivity index (χ4n) is 2.20. The van der Waals surface area contributed by atoms with Crippen LogP contribution in [-0.4, -0.2) is 11.9 Å². The average Bonchev–Trinajstić information content (AvgIpc) is 2.56. The van der Waals surface area contributed by atoms with Gasteiger partial charge in [0.2, 0.25) is 0 Å². The molecule has 0 aliphatic rings. The first-order chi connectivity index (χ1) is 11.1. The summed E-state index contributed by atoms with van der Waals surface area (Å²) < 4.78 is 0.913. The Bertz CT molecular complexity index is 876. The lowest BCUT2D eigenvalue weighted by Crippen LogP contribution is -2.34. The number of amides is 3. The monoisotopic (exact) mass is 368 g/mol. The molecule has 0 heterocycles. The molecule has 0 saturated carbocycles. The van der Waals surface area contributed by atoms with Gasteiger partial charge in [0.25, 0.3) is 5.91 Å². The summed E-state index contributed by atoms with van der Waals surface area (Å²) in [6.07, 6.45) is 0. The average molecular weight is 369 g/mol. The second-order valence-corrected chi connectivity index (χ2v) is 5.89. The number of nitrogens with one attached hydrogen (secondary N) is 2. The summed E-state index contributed by atoms with van der Waals surface area (Å²) in [5.74, 6) is -0.439. The standard InChI is InChI=1S/C18H13BrN2O2/c19-15-7-9-16(10-8-15)20-18(23)21-17(22)14-6-5-12-3-1-2-4-13(12)11-14/h1-11H,(H2,20,21,22,23). The zero-order valence-corrected chi connectivity index (χ0v) is 13.6. The third-order valence-corrected chi connectivity index (χ3v) is 3.87. The lowest BCUT2D eigenvalue weighted by Gasteiger charge is -2.07. The van der Waals surface area contributed by atoms with Gasteiger partial charge < -0.3 is 5.32 Å². The molecule has 5 heteroatoms. The highest BCUT2D eigenvalue weighted by Crippen LogP contribution is 2.16. The molecule has 3 aromatic rings. The lowest BCUT2D eigenvalue weighted by molar-refractivity contribution is 0.0967. The van der Waals surface area contributed by atoms with E-state index < -0.39 is 11.9 Å². The van der Waals surface area contributed by atoms with Crippen LogP contribution in [0.4, 0.5) is 10.5 Å². The van der Waals surface area contributed by atoms with E-state index in [2.05, 4.69) is 26.6 Å². The zero-order valence-electron chi connectivity index (χ0n) is 12.0. The van der Waals surface area contributed by atoms with Crippen LogP contribution in [0.15, 0.2) is 71.2 Å². The van der Waals surface area contributed by atoms with Gasteiger partial charge >= 0.3 is 6.03 Å². The number of benzene rings is 3. The molecular formula is C18H13BrN2O2. The van der Waals surface area contributed by atoms with Crippen molar-refractivity contribution in [1.29, 1.82) is 0 Å². The molecule has 0 spiro atoms. The number of fused-ring (bicyclic) bond motifs is 1. The third kappa shape index (κ3) is 3.76. The third-order valence-electron chi connectivity index (χ3n) is 3.34. The Morgan fingerprint density at radius 3 is 2.26 bits per heavy atom. The Morgan fingerprint density at radius 2 is 1.52 bits per heavy atom. The molecule has 3 amide bonds. The fraction of sp³-hybridized carbons (Fsp3) is 0. The highest BCUT2D eigenvalue weighted by Gasteiger charge is 2.10. The summed E-state index contributed by atoms with van der Waals surface area (Å²) >= 11 is 3.32. The Labute approximate surface area is 141 Å². The number of urea groups is 1. The largest absolute Gasteiger partial charge is 0.326 e. The molecule has 0 unspecified atom stereocenters. The summed E-state index contributed by atoms with van der Waals surface area (Å²) in [6.45, 7) is 0. The Kier molecular flexibility index (Phi) is 4.39. The topological polar surface area (TPSA) is 58.2 Å². The number of rotatable bonds is 2. The fourth-order valence-corrected chi connectivity index (χ4v) is 2.47. The van der Waals surface area contributed by atoms with Crippen LogP contribution in [-0.2, 0) is 0 Å². The molecular weight excluding hydrogens is 356 g/mol. The molecule has 23 heavy (non-hydrogen) atoms. The van der Waals surface area contributed by atoms with Gasteiger partial charge in [-0.2, -0.15) is 0 Å². The number of halogens is 1. The number of carbonyl (C=O) groups is 2. The lowest BCUT2D eigenvalue weighted by atomic mass is 10.1. The van der Waals surface area contributed by atoms with E-state index in [1.54, 1.807) is 36.4 Å². The van der Waals surface area contributed by atoms with Gasteiger partial charge in [-0.05, 0) is 47.2 Å². The molecule has 114 valence electrons. The predicted molar refractivity (Wildman–Crippen MR) is 94.6 cm³/mol. The molecule has 0 saturated heterocycles. The molecule has 4 nitrogen and oxygen atoms in total. The van der Waals surface area contributed by atoms with Gasteiger partial charge in [-0.3, -0.25) is 10.1 Å². The maximum absolute atomic E-state index is 12.2. The summed E-state index contributed by atoms with van der Waals surface area (Å²) in [5.41, 5.74) is 1.05. The van der Waals surface area contributed by atoms with E-state index in [-0.39, 0.29) is 0 Å². The van der Waals surface area contributed by atoms with Gasteiger partial charge in [0.05, 0.1) is 0 Å². The van der Waals surface area contributed by atoms with Crippen molar-refractivity contribution in [2.75, 3.05) is 5.32 Å². The van der Waals surface area contributed by atoms with Gasteiger partial charge in [0.1, 0.15) is 0 Å². The number of anilines is 1. The first-order valence-corrected chi connectivity index (χ1v) is 7.78. The van der Waals surface area contributed by atoms with Crippen LogP contribution in [0.25, 0.3) is 10.8 Å². The van der Waals surface area contributed by atoms with Crippen LogP contribution in [0.1, 0.15) is 10.4 Å². The minimum absolute atomic E-state index is 0.439. The van der Waals surface area contributed by atoms with Gasteiger partial charge in [-0.1, -0.05) is 46.3 Å². The van der Waals surface area contributed by atoms with Gasteiger partial charge in [0.15, 0.2) is 0 Å². The first-order valence-electron chi connectivity index (χ1n) is 6.98. The molecule has 0 aromatic heterocycles. The van der Waals surface area contributed by atoms with Crippen LogP contribution in [0.3, 0.4) is 0 Å². The zero-order chi connectivity index (χ0) is 16.2. The van der Waals surface area contributed by atoms with Crippen molar-refractivity contribution in [1.82, 2.24) is 5.32 Å². The van der Waals surface area contributed by atoms with E-state index in [0.29, 0.717) is 11.3 Å². The summed E-state index contributed by atoms with van der Waals surface area (Å²) in [7, 11) is 0. The number of hydrogen-bond donors (Lipinski definition) is 2. The predicted octanol–water partition coefficient (Wildman–Crippen LogP) is 4.56. The second kappa shape index (κ2) is 6.62. The number of hydrogen-bond acceptors (Lipinski definition) is 2. The van der Waals surface area contributed by atoms with Crippen molar-refractivity contribution < 1.29 is 9.59 Å². The van der Waals surface area contributed by atoms with E-state index in [9.17, 15) is 9.59 Å². The van der Waals surface area contributed by atoms with Crippen LogP contribution in [0.2, 0.25) is 0 Å². The normalized spacial score (nSPS) is 10.3. The maximum Gasteiger partial charge on any atom is 0.326 e. The minimum Gasteiger partial charge on any atom is -0.308 e. The van der Waals surface area contributed by atoms with Crippen molar-refractivity contribution in [3.05, 3.63) is 76.8 Å². The molecule has 0 fully saturated rings. The molecule has 0 aliphatic carbocycles. The highest BCUT2D eigenvalue weighted by atomic mass is 79.9. The van der Waals surface area contributed by atoms with E-state index in [0.717, 1.165) is 15.2 Å². The summed E-state index contributed by atoms with van der Waals surface area (Å²) in [6, 6.07) is 19.6. The van der Waals surface area contributed by atoms with Crippen LogP contribution >= 0.6 is 15.9 Å². The van der Waals surface area contributed by atoms with Crippen molar-refractivity contribution in [2.45, 2.75) is 0 Å². The quantitative estimate of drug-likeness (QED) is 0.696. The van der Waals surface area contributed by atoms with Crippen LogP contribution in [0, 0.1) is 0 Å². The maximum atomic E-state index is 12.2. The van der Waals surface area contributed by atoms with Crippen molar-refractivity contribution in [3.63, 3.8) is 0 Å². The molecule has 0 radical (unpaired) electrons. The molecule has 0 bridgehead atoms. The van der Waals surface area contributed by atoms with Crippen molar-refractivity contribution in [3.8, 4) is 0 Å². The Balaban J connectivity index is 1.69.